The third kappa shape index (κ3) is 3.57. The minimum absolute atomic E-state index is 0.0986. The predicted octanol–water partition coefficient (Wildman–Crippen LogP) is 4.03. The third-order valence-electron chi connectivity index (χ3n) is 3.03. The van der Waals surface area contributed by atoms with Gasteiger partial charge in [0.2, 0.25) is 0 Å². The predicted molar refractivity (Wildman–Crippen MR) is 86.5 cm³/mol. The molecule has 0 radical (unpaired) electrons. The van der Waals surface area contributed by atoms with E-state index in [2.05, 4.69) is 4.98 Å². The summed E-state index contributed by atoms with van der Waals surface area (Å²) in [7, 11) is -3.98. The molecule has 3 aromatic rings. The number of rotatable bonds is 4. The minimum Gasteiger partial charge on any atom is -0.379 e. The molecule has 7 heteroatoms. The lowest BCUT2D eigenvalue weighted by Gasteiger charge is -2.07. The van der Waals surface area contributed by atoms with Crippen LogP contribution in [0.2, 0.25) is 0 Å². The maximum absolute atomic E-state index is 12.9. The van der Waals surface area contributed by atoms with Crippen molar-refractivity contribution in [2.75, 3.05) is 0 Å². The molecule has 0 spiro atoms. The van der Waals surface area contributed by atoms with Gasteiger partial charge >= 0.3 is 10.1 Å². The van der Waals surface area contributed by atoms with Crippen molar-refractivity contribution in [1.29, 1.82) is 0 Å². The summed E-state index contributed by atoms with van der Waals surface area (Å²) in [6.45, 7) is 1.91. The maximum atomic E-state index is 12.9. The van der Waals surface area contributed by atoms with Gasteiger partial charge in [0, 0.05) is 16.6 Å². The summed E-state index contributed by atoms with van der Waals surface area (Å²) < 4.78 is 42.2. The zero-order valence-corrected chi connectivity index (χ0v) is 13.7. The van der Waals surface area contributed by atoms with Gasteiger partial charge in [-0.15, -0.1) is 11.3 Å². The van der Waals surface area contributed by atoms with Crippen LogP contribution < -0.4 is 4.18 Å². The van der Waals surface area contributed by atoms with E-state index in [1.807, 2.05) is 12.3 Å². The summed E-state index contributed by atoms with van der Waals surface area (Å²) in [6.07, 6.45) is 0. The number of thiazole rings is 1. The second-order valence-electron chi connectivity index (χ2n) is 4.81. The van der Waals surface area contributed by atoms with Crippen LogP contribution in [0.1, 0.15) is 5.69 Å². The van der Waals surface area contributed by atoms with Gasteiger partial charge in [-0.3, -0.25) is 0 Å². The summed E-state index contributed by atoms with van der Waals surface area (Å²) in [4.78, 5) is 4.27. The highest BCUT2D eigenvalue weighted by atomic mass is 32.2. The summed E-state index contributed by atoms with van der Waals surface area (Å²) in [5.41, 5.74) is 1.82. The molecule has 118 valence electrons. The van der Waals surface area contributed by atoms with Gasteiger partial charge in [0.15, 0.2) is 0 Å². The normalized spacial score (nSPS) is 11.4. The Morgan fingerprint density at radius 2 is 1.70 bits per heavy atom. The van der Waals surface area contributed by atoms with Crippen molar-refractivity contribution in [1.82, 2.24) is 4.98 Å². The molecule has 0 aliphatic rings. The van der Waals surface area contributed by atoms with Gasteiger partial charge in [-0.1, -0.05) is 0 Å². The molecule has 0 atom stereocenters. The second-order valence-corrected chi connectivity index (χ2v) is 7.21. The highest BCUT2D eigenvalue weighted by Gasteiger charge is 2.16. The lowest BCUT2D eigenvalue weighted by Crippen LogP contribution is -2.09. The molecular weight excluding hydrogens is 337 g/mol. The zero-order chi connectivity index (χ0) is 16.4. The Hall–Kier alpha value is -2.25. The van der Waals surface area contributed by atoms with Crippen molar-refractivity contribution in [3.8, 4) is 16.3 Å². The standard InChI is InChI=1S/C16H12FNO3S2/c1-11-10-22-16(18-11)12-2-6-14(7-3-12)21-23(19,20)15-8-4-13(17)5-9-15/h2-10H,1H3. The van der Waals surface area contributed by atoms with Crippen LogP contribution in [0.3, 0.4) is 0 Å². The average molecular weight is 349 g/mol. The Balaban J connectivity index is 1.81. The highest BCUT2D eigenvalue weighted by molar-refractivity contribution is 7.87. The van der Waals surface area contributed by atoms with Crippen molar-refractivity contribution in [3.05, 3.63) is 65.4 Å². The van der Waals surface area contributed by atoms with Crippen molar-refractivity contribution >= 4 is 21.5 Å². The van der Waals surface area contributed by atoms with E-state index in [9.17, 15) is 12.8 Å². The molecule has 0 aliphatic heterocycles. The van der Waals surface area contributed by atoms with Crippen LogP contribution in [-0.2, 0) is 10.1 Å². The molecule has 23 heavy (non-hydrogen) atoms. The molecule has 0 saturated carbocycles. The lowest BCUT2D eigenvalue weighted by atomic mass is 10.2. The first kappa shape index (κ1) is 15.6. The molecule has 3 rings (SSSR count). The summed E-state index contributed by atoms with van der Waals surface area (Å²) in [5.74, 6) is -0.321. The first-order chi connectivity index (χ1) is 10.9. The van der Waals surface area contributed by atoms with Crippen LogP contribution in [-0.4, -0.2) is 13.4 Å². The summed E-state index contributed by atoms with van der Waals surface area (Å²) in [6, 6.07) is 11.1. The van der Waals surface area contributed by atoms with Gasteiger partial charge in [-0.2, -0.15) is 8.42 Å². The van der Waals surface area contributed by atoms with Crippen molar-refractivity contribution in [2.24, 2.45) is 0 Å². The number of benzene rings is 2. The fourth-order valence-electron chi connectivity index (χ4n) is 1.92. The van der Waals surface area contributed by atoms with Gasteiger partial charge in [-0.05, 0) is 55.5 Å². The molecule has 0 amide bonds. The van der Waals surface area contributed by atoms with Crippen LogP contribution in [0, 0.1) is 12.7 Å². The number of nitrogens with zero attached hydrogens (tertiary/aromatic N) is 1. The van der Waals surface area contributed by atoms with Crippen LogP contribution in [0.5, 0.6) is 5.75 Å². The molecular formula is C16H12FNO3S2. The Labute approximate surface area is 137 Å². The van der Waals surface area contributed by atoms with E-state index in [4.69, 9.17) is 4.18 Å². The monoisotopic (exact) mass is 349 g/mol. The van der Waals surface area contributed by atoms with E-state index in [0.29, 0.717) is 0 Å². The molecule has 0 fully saturated rings. The first-order valence-electron chi connectivity index (χ1n) is 6.67. The van der Waals surface area contributed by atoms with E-state index in [1.54, 1.807) is 24.3 Å². The Morgan fingerprint density at radius 1 is 1.04 bits per heavy atom. The van der Waals surface area contributed by atoms with E-state index in [-0.39, 0.29) is 10.6 Å². The molecule has 1 heterocycles. The molecule has 1 aromatic heterocycles. The van der Waals surface area contributed by atoms with Gasteiger partial charge < -0.3 is 4.18 Å². The molecule has 0 unspecified atom stereocenters. The van der Waals surface area contributed by atoms with Crippen molar-refractivity contribution < 1.29 is 17.0 Å². The fraction of sp³-hybridized carbons (Fsp3) is 0.0625. The van der Waals surface area contributed by atoms with Gasteiger partial charge in [0.05, 0.1) is 0 Å². The van der Waals surface area contributed by atoms with Gasteiger partial charge in [-0.25, -0.2) is 9.37 Å². The smallest absolute Gasteiger partial charge is 0.339 e. The quantitative estimate of drug-likeness (QED) is 0.668. The number of aryl methyl sites for hydroxylation is 1. The fourth-order valence-corrected chi connectivity index (χ4v) is 3.65. The first-order valence-corrected chi connectivity index (χ1v) is 8.95. The molecule has 0 bridgehead atoms. The van der Waals surface area contributed by atoms with Crippen LogP contribution in [0.15, 0.2) is 58.8 Å². The van der Waals surface area contributed by atoms with Gasteiger partial charge in [0.1, 0.15) is 21.5 Å². The van der Waals surface area contributed by atoms with Crippen LogP contribution in [0.25, 0.3) is 10.6 Å². The molecule has 0 N–H and O–H groups in total. The Bertz CT molecular complexity index is 917. The Kier molecular flexibility index (Phi) is 4.14. The zero-order valence-electron chi connectivity index (χ0n) is 12.1. The number of aromatic nitrogens is 1. The van der Waals surface area contributed by atoms with Crippen molar-refractivity contribution in [2.45, 2.75) is 11.8 Å². The highest BCUT2D eigenvalue weighted by Crippen LogP contribution is 2.26. The van der Waals surface area contributed by atoms with E-state index >= 15 is 0 Å². The summed E-state index contributed by atoms with van der Waals surface area (Å²) >= 11 is 1.51. The van der Waals surface area contributed by atoms with E-state index < -0.39 is 15.9 Å². The third-order valence-corrected chi connectivity index (χ3v) is 5.30. The molecule has 2 aromatic carbocycles. The average Bonchev–Trinajstić information content (AvgIpc) is 2.95. The molecule has 4 nitrogen and oxygen atoms in total. The largest absolute Gasteiger partial charge is 0.379 e. The van der Waals surface area contributed by atoms with Crippen molar-refractivity contribution in [3.63, 3.8) is 0 Å². The summed E-state index contributed by atoms with van der Waals surface area (Å²) in [5, 5.41) is 2.80. The number of halogens is 1. The van der Waals surface area contributed by atoms with E-state index in [0.717, 1.165) is 40.5 Å². The minimum atomic E-state index is -3.98. The van der Waals surface area contributed by atoms with Gasteiger partial charge in [0.25, 0.3) is 0 Å². The number of hydrogen-bond acceptors (Lipinski definition) is 5. The SMILES string of the molecule is Cc1csc(-c2ccc(OS(=O)(=O)c3ccc(F)cc3)cc2)n1. The Morgan fingerprint density at radius 3 is 2.26 bits per heavy atom. The second kappa shape index (κ2) is 6.10. The lowest BCUT2D eigenvalue weighted by molar-refractivity contribution is 0.486. The molecule has 0 saturated heterocycles. The topological polar surface area (TPSA) is 56.3 Å². The molecule has 0 aliphatic carbocycles. The maximum Gasteiger partial charge on any atom is 0.339 e. The van der Waals surface area contributed by atoms with E-state index in [1.165, 1.54) is 11.3 Å². The number of hydrogen-bond donors (Lipinski definition) is 0. The van der Waals surface area contributed by atoms with Crippen LogP contribution in [0.4, 0.5) is 4.39 Å². The van der Waals surface area contributed by atoms with Crippen LogP contribution >= 0.6 is 11.3 Å².